The first-order valence-corrected chi connectivity index (χ1v) is 6.45. The maximum absolute atomic E-state index is 11.4. The van der Waals surface area contributed by atoms with Crippen LogP contribution < -0.4 is 10.9 Å². The van der Waals surface area contributed by atoms with E-state index in [0.29, 0.717) is 0 Å². The van der Waals surface area contributed by atoms with Crippen LogP contribution in [0.1, 0.15) is 12.8 Å². The number of rotatable bonds is 6. The van der Waals surface area contributed by atoms with Crippen LogP contribution in [0.4, 0.5) is 0 Å². The molecule has 17 heavy (non-hydrogen) atoms. The van der Waals surface area contributed by atoms with Crippen LogP contribution in [0.5, 0.6) is 0 Å². The van der Waals surface area contributed by atoms with Crippen molar-refractivity contribution >= 4 is 0 Å². The lowest BCUT2D eigenvalue weighted by Gasteiger charge is -2.14. The zero-order valence-corrected chi connectivity index (χ0v) is 10.3. The number of pyridine rings is 1. The highest BCUT2D eigenvalue weighted by atomic mass is 16.1. The number of likely N-dealkylation sites (tertiary alicyclic amines) is 1. The van der Waals surface area contributed by atoms with Crippen molar-refractivity contribution in [3.63, 3.8) is 0 Å². The molecule has 1 aromatic rings. The van der Waals surface area contributed by atoms with Crippen LogP contribution in [0.25, 0.3) is 0 Å². The van der Waals surface area contributed by atoms with Crippen molar-refractivity contribution in [2.75, 3.05) is 32.7 Å². The fourth-order valence-corrected chi connectivity index (χ4v) is 2.21. The Kier molecular flexibility index (Phi) is 4.76. The second-order valence-electron chi connectivity index (χ2n) is 4.53. The van der Waals surface area contributed by atoms with Crippen molar-refractivity contribution in [3.05, 3.63) is 34.7 Å². The van der Waals surface area contributed by atoms with Crippen LogP contribution in [0.2, 0.25) is 0 Å². The summed E-state index contributed by atoms with van der Waals surface area (Å²) in [4.78, 5) is 13.9. The Labute approximate surface area is 102 Å². The first-order chi connectivity index (χ1) is 8.36. The minimum Gasteiger partial charge on any atom is -0.314 e. The van der Waals surface area contributed by atoms with Crippen molar-refractivity contribution in [2.24, 2.45) is 0 Å². The van der Waals surface area contributed by atoms with Crippen molar-refractivity contribution in [1.29, 1.82) is 0 Å². The summed E-state index contributed by atoms with van der Waals surface area (Å²) in [5.74, 6) is 0. The van der Waals surface area contributed by atoms with E-state index in [1.807, 2.05) is 12.3 Å². The molecule has 0 unspecified atom stereocenters. The molecule has 1 aliphatic rings. The summed E-state index contributed by atoms with van der Waals surface area (Å²) in [6.45, 7) is 6.25. The fraction of sp³-hybridized carbons (Fsp3) is 0.615. The van der Waals surface area contributed by atoms with Gasteiger partial charge in [-0.1, -0.05) is 6.07 Å². The van der Waals surface area contributed by atoms with Gasteiger partial charge < -0.3 is 14.8 Å². The summed E-state index contributed by atoms with van der Waals surface area (Å²) < 4.78 is 1.74. The molecule has 2 rings (SSSR count). The van der Waals surface area contributed by atoms with Crippen LogP contribution in [0.15, 0.2) is 29.2 Å². The molecule has 2 heterocycles. The van der Waals surface area contributed by atoms with Crippen molar-refractivity contribution < 1.29 is 0 Å². The molecule has 4 nitrogen and oxygen atoms in total. The molecule has 0 amide bonds. The van der Waals surface area contributed by atoms with Crippen LogP contribution in [0, 0.1) is 0 Å². The van der Waals surface area contributed by atoms with Gasteiger partial charge in [0.2, 0.25) is 0 Å². The smallest absolute Gasteiger partial charge is 0.250 e. The lowest BCUT2D eigenvalue weighted by atomic mass is 10.4. The third-order valence-electron chi connectivity index (χ3n) is 3.23. The molecule has 1 N–H and O–H groups in total. The molecular weight excluding hydrogens is 214 g/mol. The summed E-state index contributed by atoms with van der Waals surface area (Å²) in [7, 11) is 0. The van der Waals surface area contributed by atoms with E-state index in [-0.39, 0.29) is 5.56 Å². The molecule has 1 aliphatic heterocycles. The van der Waals surface area contributed by atoms with Gasteiger partial charge in [-0.05, 0) is 32.0 Å². The number of nitrogens with one attached hydrogen (secondary N) is 1. The monoisotopic (exact) mass is 235 g/mol. The van der Waals surface area contributed by atoms with Gasteiger partial charge in [-0.25, -0.2) is 0 Å². The molecule has 1 fully saturated rings. The van der Waals surface area contributed by atoms with Crippen molar-refractivity contribution in [1.82, 2.24) is 14.8 Å². The average molecular weight is 235 g/mol. The topological polar surface area (TPSA) is 37.3 Å². The fourth-order valence-electron chi connectivity index (χ4n) is 2.21. The predicted molar refractivity (Wildman–Crippen MR) is 69.2 cm³/mol. The van der Waals surface area contributed by atoms with E-state index in [4.69, 9.17) is 0 Å². The lowest BCUT2D eigenvalue weighted by molar-refractivity contribution is 0.335. The van der Waals surface area contributed by atoms with Gasteiger partial charge in [0.1, 0.15) is 0 Å². The number of aromatic nitrogens is 1. The minimum atomic E-state index is 0.0776. The Morgan fingerprint density at radius 1 is 1.12 bits per heavy atom. The highest BCUT2D eigenvalue weighted by Gasteiger charge is 2.09. The van der Waals surface area contributed by atoms with E-state index in [2.05, 4.69) is 10.2 Å². The molecule has 0 spiro atoms. The third kappa shape index (κ3) is 3.98. The van der Waals surface area contributed by atoms with E-state index in [1.165, 1.54) is 25.9 Å². The Morgan fingerprint density at radius 3 is 2.65 bits per heavy atom. The quantitative estimate of drug-likeness (QED) is 0.731. The second-order valence-corrected chi connectivity index (χ2v) is 4.53. The Bertz CT molecular complexity index is 382. The maximum Gasteiger partial charge on any atom is 0.250 e. The largest absolute Gasteiger partial charge is 0.314 e. The maximum atomic E-state index is 11.4. The zero-order valence-electron chi connectivity index (χ0n) is 10.3. The number of hydrogen-bond donors (Lipinski definition) is 1. The van der Waals surface area contributed by atoms with E-state index >= 15 is 0 Å². The van der Waals surface area contributed by atoms with Gasteiger partial charge in [0.05, 0.1) is 0 Å². The summed E-state index contributed by atoms with van der Waals surface area (Å²) >= 11 is 0. The summed E-state index contributed by atoms with van der Waals surface area (Å²) in [5, 5.41) is 3.39. The van der Waals surface area contributed by atoms with Gasteiger partial charge in [-0.15, -0.1) is 0 Å². The SMILES string of the molecule is O=c1ccccn1CCNCCN1CCCC1. The van der Waals surface area contributed by atoms with Gasteiger partial charge in [-0.3, -0.25) is 4.79 Å². The summed E-state index contributed by atoms with van der Waals surface area (Å²) in [5.41, 5.74) is 0.0776. The Morgan fingerprint density at radius 2 is 1.88 bits per heavy atom. The first kappa shape index (κ1) is 12.3. The summed E-state index contributed by atoms with van der Waals surface area (Å²) in [6.07, 6.45) is 4.53. The predicted octanol–water partition coefficient (Wildman–Crippen LogP) is 0.534. The molecule has 94 valence electrons. The Hall–Kier alpha value is -1.13. The van der Waals surface area contributed by atoms with Crippen LogP contribution in [0.3, 0.4) is 0 Å². The number of nitrogens with zero attached hydrogens (tertiary/aromatic N) is 2. The van der Waals surface area contributed by atoms with Gasteiger partial charge in [0.15, 0.2) is 0 Å². The molecular formula is C13H21N3O. The molecule has 0 atom stereocenters. The molecule has 0 aromatic carbocycles. The zero-order chi connectivity index (χ0) is 11.9. The Balaban J connectivity index is 1.60. The average Bonchev–Trinajstić information content (AvgIpc) is 2.84. The molecule has 1 aromatic heterocycles. The van der Waals surface area contributed by atoms with E-state index < -0.39 is 0 Å². The first-order valence-electron chi connectivity index (χ1n) is 6.45. The lowest BCUT2D eigenvalue weighted by Crippen LogP contribution is -2.32. The third-order valence-corrected chi connectivity index (χ3v) is 3.23. The van der Waals surface area contributed by atoms with Crippen molar-refractivity contribution in [2.45, 2.75) is 19.4 Å². The highest BCUT2D eigenvalue weighted by molar-refractivity contribution is 4.93. The molecule has 0 radical (unpaired) electrons. The molecule has 1 saturated heterocycles. The van der Waals surface area contributed by atoms with Gasteiger partial charge in [-0.2, -0.15) is 0 Å². The van der Waals surface area contributed by atoms with Crippen LogP contribution in [-0.4, -0.2) is 42.2 Å². The summed E-state index contributed by atoms with van der Waals surface area (Å²) in [6, 6.07) is 5.27. The number of hydrogen-bond acceptors (Lipinski definition) is 3. The van der Waals surface area contributed by atoms with Crippen LogP contribution in [-0.2, 0) is 6.54 Å². The molecule has 0 aliphatic carbocycles. The van der Waals surface area contributed by atoms with E-state index in [9.17, 15) is 4.79 Å². The van der Waals surface area contributed by atoms with E-state index in [0.717, 1.165) is 26.2 Å². The normalized spacial score (nSPS) is 16.5. The second kappa shape index (κ2) is 6.57. The standard InChI is InChI=1S/C13H21N3O/c17-13-5-1-2-10-16(13)12-7-14-6-11-15-8-3-4-9-15/h1-2,5,10,14H,3-4,6-9,11-12H2. The molecule has 4 heteroatoms. The highest BCUT2D eigenvalue weighted by Crippen LogP contribution is 2.05. The van der Waals surface area contributed by atoms with Gasteiger partial charge >= 0.3 is 0 Å². The van der Waals surface area contributed by atoms with Crippen LogP contribution >= 0.6 is 0 Å². The minimum absolute atomic E-state index is 0.0776. The molecule has 0 saturated carbocycles. The van der Waals surface area contributed by atoms with Gasteiger partial charge in [0.25, 0.3) is 5.56 Å². The van der Waals surface area contributed by atoms with E-state index in [1.54, 1.807) is 16.7 Å². The van der Waals surface area contributed by atoms with Crippen molar-refractivity contribution in [3.8, 4) is 0 Å². The van der Waals surface area contributed by atoms with Gasteiger partial charge in [0, 0.05) is 38.4 Å². The molecule has 0 bridgehead atoms.